The number of para-hydroxylation sites is 2. The standard InChI is InChI=1S/C38H20N2/c1-3-10-23-21(8-1)16-17-32-35(23)36-24-11-4-2-9-22(24)18-30-29-19-28-27-14-7-13-26-25-12-5-6-15-31(25)39(37(26)27)33(28)20-34(29)40(32)38(30)36/h1-20H. The Hall–Kier alpha value is -5.34. The van der Waals surface area contributed by atoms with Crippen molar-refractivity contribution in [2.45, 2.75) is 0 Å². The van der Waals surface area contributed by atoms with E-state index in [1.165, 1.54) is 97.7 Å². The van der Waals surface area contributed by atoms with E-state index in [4.69, 9.17) is 0 Å². The molecule has 0 atom stereocenters. The molecule has 11 aromatic rings. The van der Waals surface area contributed by atoms with Crippen LogP contribution in [0, 0.1) is 0 Å². The van der Waals surface area contributed by atoms with Gasteiger partial charge >= 0.3 is 0 Å². The topological polar surface area (TPSA) is 8.82 Å². The molecule has 0 fully saturated rings. The largest absolute Gasteiger partial charge is 0.308 e. The molecule has 0 amide bonds. The summed E-state index contributed by atoms with van der Waals surface area (Å²) in [6.45, 7) is 0. The average Bonchev–Trinajstić information content (AvgIpc) is 3.72. The second kappa shape index (κ2) is 6.44. The van der Waals surface area contributed by atoms with E-state index < -0.39 is 0 Å². The zero-order valence-corrected chi connectivity index (χ0v) is 21.4. The minimum absolute atomic E-state index is 1.28. The normalized spacial score (nSPS) is 13.0. The highest BCUT2D eigenvalue weighted by molar-refractivity contribution is 6.36. The summed E-state index contributed by atoms with van der Waals surface area (Å²) in [6.07, 6.45) is 0. The molecule has 2 heteroatoms. The predicted molar refractivity (Wildman–Crippen MR) is 171 cm³/mol. The molecule has 0 N–H and O–H groups in total. The van der Waals surface area contributed by atoms with E-state index in [1.54, 1.807) is 0 Å². The lowest BCUT2D eigenvalue weighted by molar-refractivity contribution is 1.35. The van der Waals surface area contributed by atoms with E-state index in [1.807, 2.05) is 0 Å². The molecule has 4 aromatic heterocycles. The van der Waals surface area contributed by atoms with Crippen LogP contribution < -0.4 is 0 Å². The molecule has 0 aliphatic rings. The molecule has 40 heavy (non-hydrogen) atoms. The van der Waals surface area contributed by atoms with Crippen molar-refractivity contribution < 1.29 is 0 Å². The first kappa shape index (κ1) is 19.7. The Bertz CT molecular complexity index is 2860. The van der Waals surface area contributed by atoms with Crippen molar-refractivity contribution in [1.82, 2.24) is 8.80 Å². The SMILES string of the molecule is c1ccc2c(c1)ccc1c2c2c3ccccc3cc3c4cc5c6cccc7c8ccccc8n(c5cc4n1c32)c76. The predicted octanol–water partition coefficient (Wildman–Crippen LogP) is 10.3. The van der Waals surface area contributed by atoms with E-state index >= 15 is 0 Å². The second-order valence-corrected chi connectivity index (χ2v) is 11.3. The summed E-state index contributed by atoms with van der Waals surface area (Å²) in [5, 5.41) is 15.9. The smallest absolute Gasteiger partial charge is 0.0627 e. The first-order chi connectivity index (χ1) is 19.9. The Labute approximate surface area is 227 Å². The van der Waals surface area contributed by atoms with E-state index in [2.05, 4.69) is 130 Å². The van der Waals surface area contributed by atoms with Gasteiger partial charge in [0.15, 0.2) is 0 Å². The van der Waals surface area contributed by atoms with Crippen LogP contribution in [0.15, 0.2) is 121 Å². The van der Waals surface area contributed by atoms with Gasteiger partial charge in [0.1, 0.15) is 0 Å². The second-order valence-electron chi connectivity index (χ2n) is 11.3. The highest BCUT2D eigenvalue weighted by Crippen LogP contribution is 2.47. The van der Waals surface area contributed by atoms with E-state index in [0.717, 1.165) is 0 Å². The Morgan fingerprint density at radius 1 is 0.300 bits per heavy atom. The fourth-order valence-electron chi connectivity index (χ4n) is 7.97. The summed E-state index contributed by atoms with van der Waals surface area (Å²) >= 11 is 0. The maximum Gasteiger partial charge on any atom is 0.0627 e. The Kier molecular flexibility index (Phi) is 3.17. The van der Waals surface area contributed by atoms with Crippen LogP contribution in [0.4, 0.5) is 0 Å². The molecule has 182 valence electrons. The molecule has 0 spiro atoms. The van der Waals surface area contributed by atoms with Crippen LogP contribution in [0.5, 0.6) is 0 Å². The third-order valence-electron chi connectivity index (χ3n) is 9.51. The van der Waals surface area contributed by atoms with Crippen molar-refractivity contribution in [2.24, 2.45) is 0 Å². The molecule has 2 nitrogen and oxygen atoms in total. The van der Waals surface area contributed by atoms with Gasteiger partial charge in [-0.3, -0.25) is 0 Å². The van der Waals surface area contributed by atoms with Crippen molar-refractivity contribution in [3.63, 3.8) is 0 Å². The summed E-state index contributed by atoms with van der Waals surface area (Å²) in [6, 6.07) is 45.3. The number of rotatable bonds is 0. The van der Waals surface area contributed by atoms with Gasteiger partial charge in [0.2, 0.25) is 0 Å². The first-order valence-corrected chi connectivity index (χ1v) is 14.0. The van der Waals surface area contributed by atoms with Gasteiger partial charge in [0.25, 0.3) is 0 Å². The molecule has 0 unspecified atom stereocenters. The third kappa shape index (κ3) is 2.04. The van der Waals surface area contributed by atoms with Crippen LogP contribution in [0.2, 0.25) is 0 Å². The Morgan fingerprint density at radius 2 is 0.925 bits per heavy atom. The van der Waals surface area contributed by atoms with Crippen molar-refractivity contribution in [3.8, 4) is 0 Å². The fourth-order valence-corrected chi connectivity index (χ4v) is 7.97. The quantitative estimate of drug-likeness (QED) is 0.194. The number of hydrogen-bond acceptors (Lipinski definition) is 0. The van der Waals surface area contributed by atoms with Gasteiger partial charge in [0.05, 0.1) is 33.1 Å². The summed E-state index contributed by atoms with van der Waals surface area (Å²) in [5.41, 5.74) is 7.77. The van der Waals surface area contributed by atoms with Crippen LogP contribution in [-0.2, 0) is 0 Å². The molecule has 0 saturated carbocycles. The van der Waals surface area contributed by atoms with Gasteiger partial charge in [-0.25, -0.2) is 0 Å². The highest BCUT2D eigenvalue weighted by atomic mass is 14.9. The van der Waals surface area contributed by atoms with Crippen molar-refractivity contribution in [3.05, 3.63) is 121 Å². The number of fused-ring (bicyclic) bond motifs is 16. The average molecular weight is 505 g/mol. The molecule has 0 saturated heterocycles. The van der Waals surface area contributed by atoms with E-state index in [9.17, 15) is 0 Å². The number of hydrogen-bond donors (Lipinski definition) is 0. The van der Waals surface area contributed by atoms with Crippen LogP contribution in [0.3, 0.4) is 0 Å². The zero-order valence-electron chi connectivity index (χ0n) is 21.4. The molecule has 0 aliphatic carbocycles. The minimum Gasteiger partial charge on any atom is -0.308 e. The lowest BCUT2D eigenvalue weighted by atomic mass is 9.97. The van der Waals surface area contributed by atoms with Gasteiger partial charge in [-0.05, 0) is 51.9 Å². The van der Waals surface area contributed by atoms with Crippen LogP contribution in [0.1, 0.15) is 0 Å². The Morgan fingerprint density at radius 3 is 1.77 bits per heavy atom. The monoisotopic (exact) mass is 504 g/mol. The summed E-state index contributed by atoms with van der Waals surface area (Å²) in [5.74, 6) is 0. The van der Waals surface area contributed by atoms with E-state index in [-0.39, 0.29) is 0 Å². The van der Waals surface area contributed by atoms with E-state index in [0.29, 0.717) is 0 Å². The van der Waals surface area contributed by atoms with Gasteiger partial charge in [-0.2, -0.15) is 0 Å². The summed E-state index contributed by atoms with van der Waals surface area (Å²) in [7, 11) is 0. The van der Waals surface area contributed by atoms with Crippen LogP contribution in [-0.4, -0.2) is 8.80 Å². The molecular formula is C38H20N2. The third-order valence-corrected chi connectivity index (χ3v) is 9.51. The lowest BCUT2D eigenvalue weighted by Gasteiger charge is -2.05. The maximum absolute atomic E-state index is 2.54. The molecule has 0 aliphatic heterocycles. The molecule has 0 bridgehead atoms. The molecule has 0 radical (unpaired) electrons. The number of aromatic nitrogens is 2. The van der Waals surface area contributed by atoms with Gasteiger partial charge in [0, 0.05) is 43.1 Å². The van der Waals surface area contributed by atoms with Crippen LogP contribution >= 0.6 is 0 Å². The lowest BCUT2D eigenvalue weighted by Crippen LogP contribution is -1.84. The first-order valence-electron chi connectivity index (χ1n) is 14.0. The fraction of sp³-hybridized carbons (Fsp3) is 0. The van der Waals surface area contributed by atoms with Gasteiger partial charge in [-0.15, -0.1) is 0 Å². The van der Waals surface area contributed by atoms with Gasteiger partial charge in [-0.1, -0.05) is 91.0 Å². The molecule has 11 rings (SSSR count). The number of nitrogens with zero attached hydrogens (tertiary/aromatic N) is 2. The zero-order chi connectivity index (χ0) is 25.7. The van der Waals surface area contributed by atoms with Gasteiger partial charge < -0.3 is 8.80 Å². The van der Waals surface area contributed by atoms with Crippen LogP contribution in [0.25, 0.3) is 97.7 Å². The summed E-state index contributed by atoms with van der Waals surface area (Å²) in [4.78, 5) is 0. The minimum atomic E-state index is 1.28. The summed E-state index contributed by atoms with van der Waals surface area (Å²) < 4.78 is 5.04. The highest BCUT2D eigenvalue weighted by Gasteiger charge is 2.24. The molecule has 4 heterocycles. The molecular weight excluding hydrogens is 484 g/mol. The van der Waals surface area contributed by atoms with Crippen molar-refractivity contribution in [1.29, 1.82) is 0 Å². The number of benzene rings is 7. The van der Waals surface area contributed by atoms with Crippen molar-refractivity contribution >= 4 is 97.7 Å². The maximum atomic E-state index is 2.54. The molecule has 7 aromatic carbocycles. The van der Waals surface area contributed by atoms with Crippen molar-refractivity contribution in [2.75, 3.05) is 0 Å². The Balaban J connectivity index is 1.48.